The Balaban J connectivity index is 1.87. The van der Waals surface area contributed by atoms with E-state index in [2.05, 4.69) is 35.4 Å². The number of nitrogens with one attached hydrogen (secondary N) is 2. The lowest BCUT2D eigenvalue weighted by Gasteiger charge is -2.20. The van der Waals surface area contributed by atoms with Gasteiger partial charge in [0.15, 0.2) is 0 Å². The summed E-state index contributed by atoms with van der Waals surface area (Å²) in [5.74, 6) is -0.637. The maximum absolute atomic E-state index is 12.1. The van der Waals surface area contributed by atoms with E-state index in [1.165, 1.54) is 11.6 Å². The molecule has 0 saturated heterocycles. The third-order valence-corrected chi connectivity index (χ3v) is 5.21. The van der Waals surface area contributed by atoms with Crippen molar-refractivity contribution in [3.63, 3.8) is 0 Å². The van der Waals surface area contributed by atoms with Gasteiger partial charge >= 0.3 is 0 Å². The molecule has 0 bridgehead atoms. The van der Waals surface area contributed by atoms with Crippen molar-refractivity contribution in [1.82, 2.24) is 15.5 Å². The molecule has 150 valence electrons. The molecule has 0 fully saturated rings. The zero-order valence-electron chi connectivity index (χ0n) is 16.1. The number of benzene rings is 2. The van der Waals surface area contributed by atoms with Crippen LogP contribution in [0.2, 0.25) is 10.0 Å². The van der Waals surface area contributed by atoms with E-state index in [-0.39, 0.29) is 18.4 Å². The highest BCUT2D eigenvalue weighted by molar-refractivity contribution is 6.42. The minimum absolute atomic E-state index is 0.114. The molecule has 0 atom stereocenters. The van der Waals surface area contributed by atoms with Crippen LogP contribution >= 0.6 is 23.2 Å². The molecule has 5 nitrogen and oxygen atoms in total. The van der Waals surface area contributed by atoms with Gasteiger partial charge in [-0.15, -0.1) is 0 Å². The fourth-order valence-corrected chi connectivity index (χ4v) is 3.03. The number of halogens is 2. The van der Waals surface area contributed by atoms with Crippen LogP contribution < -0.4 is 10.6 Å². The number of carbonyl (C=O) groups is 2. The molecule has 0 heterocycles. The minimum atomic E-state index is -0.379. The van der Waals surface area contributed by atoms with Gasteiger partial charge in [-0.2, -0.15) is 0 Å². The van der Waals surface area contributed by atoms with E-state index in [9.17, 15) is 9.59 Å². The zero-order chi connectivity index (χ0) is 20.5. The molecule has 2 aromatic carbocycles. The van der Waals surface area contributed by atoms with Crippen LogP contribution in [0.3, 0.4) is 0 Å². The Morgan fingerprint density at radius 1 is 0.929 bits per heavy atom. The second-order valence-corrected chi connectivity index (χ2v) is 7.13. The van der Waals surface area contributed by atoms with Gasteiger partial charge in [0, 0.05) is 18.7 Å². The first-order chi connectivity index (χ1) is 13.4. The van der Waals surface area contributed by atoms with Gasteiger partial charge in [-0.1, -0.05) is 61.3 Å². The summed E-state index contributed by atoms with van der Waals surface area (Å²) in [6.07, 6.45) is 0. The number of amides is 2. The summed E-state index contributed by atoms with van der Waals surface area (Å²) in [7, 11) is 0. The molecule has 7 heteroatoms. The topological polar surface area (TPSA) is 61.4 Å². The van der Waals surface area contributed by atoms with Gasteiger partial charge in [-0.25, -0.2) is 0 Å². The second kappa shape index (κ2) is 11.1. The van der Waals surface area contributed by atoms with E-state index in [1.54, 1.807) is 12.1 Å². The highest BCUT2D eigenvalue weighted by Gasteiger charge is 2.11. The standard InChI is InChI=1S/C21H25Cl2N3O2/c1-3-26(4-2)14-17-8-6-5-7-16(17)12-24-20(27)13-25-21(28)15-9-10-18(22)19(23)11-15/h5-11H,3-4,12-14H2,1-2H3,(H,24,27)(H,25,28). The largest absolute Gasteiger partial charge is 0.350 e. The molecule has 2 amide bonds. The number of nitrogens with zero attached hydrogens (tertiary/aromatic N) is 1. The molecule has 0 unspecified atom stereocenters. The minimum Gasteiger partial charge on any atom is -0.350 e. The first-order valence-electron chi connectivity index (χ1n) is 9.23. The maximum Gasteiger partial charge on any atom is 0.251 e. The van der Waals surface area contributed by atoms with Crippen molar-refractivity contribution in [1.29, 1.82) is 0 Å². The molecule has 0 spiro atoms. The molecule has 0 aromatic heterocycles. The van der Waals surface area contributed by atoms with Gasteiger partial charge in [-0.3, -0.25) is 14.5 Å². The lowest BCUT2D eigenvalue weighted by Crippen LogP contribution is -2.36. The lowest BCUT2D eigenvalue weighted by molar-refractivity contribution is -0.120. The smallest absolute Gasteiger partial charge is 0.251 e. The fourth-order valence-electron chi connectivity index (χ4n) is 2.73. The highest BCUT2D eigenvalue weighted by Crippen LogP contribution is 2.22. The van der Waals surface area contributed by atoms with E-state index in [4.69, 9.17) is 23.2 Å². The van der Waals surface area contributed by atoms with Gasteiger partial charge in [0.25, 0.3) is 5.91 Å². The van der Waals surface area contributed by atoms with Crippen molar-refractivity contribution < 1.29 is 9.59 Å². The molecule has 28 heavy (non-hydrogen) atoms. The maximum atomic E-state index is 12.1. The molecule has 2 rings (SSSR count). The summed E-state index contributed by atoms with van der Waals surface area (Å²) < 4.78 is 0. The predicted molar refractivity (Wildman–Crippen MR) is 114 cm³/mol. The summed E-state index contributed by atoms with van der Waals surface area (Å²) in [5, 5.41) is 6.11. The molecule has 0 aliphatic carbocycles. The third kappa shape index (κ3) is 6.51. The van der Waals surface area contributed by atoms with Crippen molar-refractivity contribution in [2.45, 2.75) is 26.9 Å². The van der Waals surface area contributed by atoms with Gasteiger partial charge < -0.3 is 10.6 Å². The third-order valence-electron chi connectivity index (χ3n) is 4.47. The summed E-state index contributed by atoms with van der Waals surface area (Å²) in [5.41, 5.74) is 2.61. The molecule has 0 radical (unpaired) electrons. The van der Waals surface area contributed by atoms with E-state index in [0.717, 1.165) is 25.2 Å². The SMILES string of the molecule is CCN(CC)Cc1ccccc1CNC(=O)CNC(=O)c1ccc(Cl)c(Cl)c1. The van der Waals surface area contributed by atoms with Crippen molar-refractivity contribution in [2.24, 2.45) is 0 Å². The van der Waals surface area contributed by atoms with Crippen molar-refractivity contribution in [3.8, 4) is 0 Å². The van der Waals surface area contributed by atoms with Gasteiger partial charge in [0.2, 0.25) is 5.91 Å². The second-order valence-electron chi connectivity index (χ2n) is 6.32. The first kappa shape index (κ1) is 22.2. The van der Waals surface area contributed by atoms with Crippen LogP contribution in [0.15, 0.2) is 42.5 Å². The number of carbonyl (C=O) groups excluding carboxylic acids is 2. The van der Waals surface area contributed by atoms with Crippen LogP contribution in [0, 0.1) is 0 Å². The molecule has 2 N–H and O–H groups in total. The van der Waals surface area contributed by atoms with E-state index in [0.29, 0.717) is 22.2 Å². The molecular weight excluding hydrogens is 397 g/mol. The van der Waals surface area contributed by atoms with Crippen molar-refractivity contribution in [3.05, 3.63) is 69.2 Å². The van der Waals surface area contributed by atoms with E-state index >= 15 is 0 Å². The Hall–Kier alpha value is -2.08. The normalized spacial score (nSPS) is 10.8. The van der Waals surface area contributed by atoms with Crippen LogP contribution in [-0.2, 0) is 17.9 Å². The van der Waals surface area contributed by atoms with E-state index < -0.39 is 0 Å². The Morgan fingerprint density at radius 3 is 2.25 bits per heavy atom. The van der Waals surface area contributed by atoms with Crippen LogP contribution in [0.1, 0.15) is 35.3 Å². The monoisotopic (exact) mass is 421 g/mol. The van der Waals surface area contributed by atoms with Gasteiger partial charge in [0.1, 0.15) is 0 Å². The van der Waals surface area contributed by atoms with Crippen LogP contribution in [0.5, 0.6) is 0 Å². The van der Waals surface area contributed by atoms with Crippen molar-refractivity contribution >= 4 is 35.0 Å². The number of hydrogen-bond acceptors (Lipinski definition) is 3. The van der Waals surface area contributed by atoms with Gasteiger partial charge in [-0.05, 0) is 42.4 Å². The average molecular weight is 422 g/mol. The summed E-state index contributed by atoms with van der Waals surface area (Å²) >= 11 is 11.8. The summed E-state index contributed by atoms with van der Waals surface area (Å²) in [6, 6.07) is 12.6. The predicted octanol–water partition coefficient (Wildman–Crippen LogP) is 3.88. The Labute approximate surface area is 176 Å². The van der Waals surface area contributed by atoms with Crippen LogP contribution in [0.4, 0.5) is 0 Å². The summed E-state index contributed by atoms with van der Waals surface area (Å²) in [6.45, 7) is 7.34. The fraction of sp³-hybridized carbons (Fsp3) is 0.333. The highest BCUT2D eigenvalue weighted by atomic mass is 35.5. The number of rotatable bonds is 9. The van der Waals surface area contributed by atoms with Crippen LogP contribution in [0.25, 0.3) is 0 Å². The molecule has 0 aliphatic heterocycles. The van der Waals surface area contributed by atoms with Crippen molar-refractivity contribution in [2.75, 3.05) is 19.6 Å². The Bertz CT molecular complexity index is 823. The summed E-state index contributed by atoms with van der Waals surface area (Å²) in [4.78, 5) is 26.6. The first-order valence-corrected chi connectivity index (χ1v) is 9.99. The molecular formula is C21H25Cl2N3O2. The van der Waals surface area contributed by atoms with Crippen LogP contribution in [-0.4, -0.2) is 36.3 Å². The van der Waals surface area contributed by atoms with E-state index in [1.807, 2.05) is 18.2 Å². The van der Waals surface area contributed by atoms with Gasteiger partial charge in [0.05, 0.1) is 16.6 Å². The lowest BCUT2D eigenvalue weighted by atomic mass is 10.1. The average Bonchev–Trinajstić information content (AvgIpc) is 2.71. The molecule has 0 saturated carbocycles. The molecule has 0 aliphatic rings. The number of hydrogen-bond donors (Lipinski definition) is 2. The Morgan fingerprint density at radius 2 is 1.61 bits per heavy atom. The molecule has 2 aromatic rings. The quantitative estimate of drug-likeness (QED) is 0.645. The zero-order valence-corrected chi connectivity index (χ0v) is 17.6. The Kier molecular flexibility index (Phi) is 8.77.